The maximum atomic E-state index is 12.6. The molecule has 1 amide bonds. The van der Waals surface area contributed by atoms with Crippen LogP contribution in [0.2, 0.25) is 5.02 Å². The second-order valence-corrected chi connectivity index (χ2v) is 7.27. The Labute approximate surface area is 145 Å². The number of amides is 1. The van der Waals surface area contributed by atoms with Crippen molar-refractivity contribution in [2.45, 2.75) is 50.9 Å². The van der Waals surface area contributed by atoms with E-state index in [1.807, 2.05) is 12.3 Å². The van der Waals surface area contributed by atoms with Crippen LogP contribution in [0.4, 0.5) is 0 Å². The van der Waals surface area contributed by atoms with Gasteiger partial charge >= 0.3 is 0 Å². The zero-order chi connectivity index (χ0) is 16.7. The summed E-state index contributed by atoms with van der Waals surface area (Å²) in [5.74, 6) is 0.207. The summed E-state index contributed by atoms with van der Waals surface area (Å²) < 4.78 is 3.94. The van der Waals surface area contributed by atoms with E-state index in [1.165, 1.54) is 0 Å². The standard InChI is InChI=1S/C17H21ClN4O2/c18-12-8-19-22(10-12)9-11-6-14(16(23)7-11)20-17(24)13-3-5-21-4-1-2-15(13)21/h3,5,8,10-11,14,16,23H,1-2,4,6-7,9H2,(H,20,24)/t11?,14-,16-/m1/s1. The molecule has 1 saturated carbocycles. The van der Waals surface area contributed by atoms with Gasteiger partial charge in [0.25, 0.3) is 5.91 Å². The molecule has 0 spiro atoms. The van der Waals surface area contributed by atoms with Crippen molar-refractivity contribution in [3.63, 3.8) is 0 Å². The molecule has 1 aliphatic carbocycles. The number of aliphatic hydroxyl groups is 1. The predicted octanol–water partition coefficient (Wildman–Crippen LogP) is 1.85. The van der Waals surface area contributed by atoms with Crippen LogP contribution < -0.4 is 5.32 Å². The third kappa shape index (κ3) is 2.96. The molecule has 7 heteroatoms. The Morgan fingerprint density at radius 3 is 3.12 bits per heavy atom. The molecule has 1 unspecified atom stereocenters. The summed E-state index contributed by atoms with van der Waals surface area (Å²) in [6.45, 7) is 1.70. The molecule has 0 radical (unpaired) electrons. The fraction of sp³-hybridized carbons (Fsp3) is 0.529. The van der Waals surface area contributed by atoms with Gasteiger partial charge in [0.2, 0.25) is 0 Å². The van der Waals surface area contributed by atoms with Crippen LogP contribution in [0.15, 0.2) is 24.7 Å². The number of aliphatic hydroxyl groups excluding tert-OH is 1. The number of halogens is 1. The smallest absolute Gasteiger partial charge is 0.253 e. The SMILES string of the molecule is O=C(N[C@@H]1CC(Cn2cc(Cl)cn2)C[C@H]1O)c1ccn2c1CCC2. The molecule has 4 rings (SSSR count). The Kier molecular flexibility index (Phi) is 4.10. The first-order valence-electron chi connectivity index (χ1n) is 8.45. The minimum atomic E-state index is -0.513. The topological polar surface area (TPSA) is 72.1 Å². The van der Waals surface area contributed by atoms with Gasteiger partial charge in [-0.25, -0.2) is 0 Å². The van der Waals surface area contributed by atoms with Crippen LogP contribution >= 0.6 is 11.6 Å². The number of carbonyl (C=O) groups is 1. The number of aromatic nitrogens is 3. The van der Waals surface area contributed by atoms with Gasteiger partial charge in [-0.05, 0) is 37.7 Å². The van der Waals surface area contributed by atoms with Crippen LogP contribution in [-0.4, -0.2) is 37.5 Å². The number of rotatable bonds is 4. The normalized spacial score (nSPS) is 25.8. The number of hydrogen-bond donors (Lipinski definition) is 2. The van der Waals surface area contributed by atoms with Gasteiger partial charge in [0.05, 0.1) is 28.9 Å². The number of nitrogens with one attached hydrogen (secondary N) is 1. The minimum absolute atomic E-state index is 0.0718. The molecule has 3 heterocycles. The molecule has 24 heavy (non-hydrogen) atoms. The van der Waals surface area contributed by atoms with E-state index < -0.39 is 6.10 Å². The second kappa shape index (κ2) is 6.26. The summed E-state index contributed by atoms with van der Waals surface area (Å²) in [7, 11) is 0. The first-order valence-corrected chi connectivity index (χ1v) is 8.83. The van der Waals surface area contributed by atoms with Crippen molar-refractivity contribution in [3.05, 3.63) is 40.9 Å². The van der Waals surface area contributed by atoms with Gasteiger partial charge in [0, 0.05) is 31.2 Å². The fourth-order valence-corrected chi connectivity index (χ4v) is 4.14. The highest BCUT2D eigenvalue weighted by atomic mass is 35.5. The summed E-state index contributed by atoms with van der Waals surface area (Å²) >= 11 is 5.88. The van der Waals surface area contributed by atoms with Gasteiger partial charge in [-0.2, -0.15) is 5.10 Å². The zero-order valence-corrected chi connectivity index (χ0v) is 14.1. The molecule has 0 bridgehead atoms. The van der Waals surface area contributed by atoms with Gasteiger partial charge in [-0.3, -0.25) is 9.48 Å². The van der Waals surface area contributed by atoms with Crippen LogP contribution in [0.3, 0.4) is 0 Å². The van der Waals surface area contributed by atoms with Crippen LogP contribution in [0, 0.1) is 5.92 Å². The minimum Gasteiger partial charge on any atom is -0.391 e. The molecular weight excluding hydrogens is 328 g/mol. The Balaban J connectivity index is 1.38. The lowest BCUT2D eigenvalue weighted by Crippen LogP contribution is -2.40. The lowest BCUT2D eigenvalue weighted by Gasteiger charge is -2.16. The van der Waals surface area contributed by atoms with E-state index in [9.17, 15) is 9.90 Å². The molecule has 1 fully saturated rings. The van der Waals surface area contributed by atoms with Gasteiger partial charge < -0.3 is 15.0 Å². The average Bonchev–Trinajstić information content (AvgIpc) is 3.26. The summed E-state index contributed by atoms with van der Waals surface area (Å²) in [4.78, 5) is 12.6. The molecule has 6 nitrogen and oxygen atoms in total. The fourth-order valence-electron chi connectivity index (χ4n) is 3.99. The molecule has 2 aliphatic rings. The van der Waals surface area contributed by atoms with E-state index in [1.54, 1.807) is 17.1 Å². The van der Waals surface area contributed by atoms with E-state index in [4.69, 9.17) is 11.6 Å². The molecule has 0 saturated heterocycles. The van der Waals surface area contributed by atoms with Crippen LogP contribution in [0.25, 0.3) is 0 Å². The highest BCUT2D eigenvalue weighted by Crippen LogP contribution is 2.28. The Bertz CT molecular complexity index is 754. The molecular formula is C17H21ClN4O2. The molecule has 2 aromatic heterocycles. The Hall–Kier alpha value is -1.79. The lowest BCUT2D eigenvalue weighted by molar-refractivity contribution is 0.0872. The Morgan fingerprint density at radius 1 is 1.46 bits per heavy atom. The van der Waals surface area contributed by atoms with Gasteiger partial charge in [0.15, 0.2) is 0 Å². The third-order valence-electron chi connectivity index (χ3n) is 5.13. The van der Waals surface area contributed by atoms with E-state index in [0.29, 0.717) is 18.0 Å². The van der Waals surface area contributed by atoms with E-state index in [0.717, 1.165) is 37.1 Å². The highest BCUT2D eigenvalue weighted by Gasteiger charge is 2.35. The van der Waals surface area contributed by atoms with Crippen molar-refractivity contribution in [2.75, 3.05) is 0 Å². The molecule has 2 aromatic rings. The number of nitrogens with zero attached hydrogens (tertiary/aromatic N) is 3. The predicted molar refractivity (Wildman–Crippen MR) is 90.0 cm³/mol. The van der Waals surface area contributed by atoms with Crippen molar-refractivity contribution in [2.24, 2.45) is 5.92 Å². The first-order chi connectivity index (χ1) is 11.6. The number of hydrogen-bond acceptors (Lipinski definition) is 3. The van der Waals surface area contributed by atoms with Crippen molar-refractivity contribution >= 4 is 17.5 Å². The van der Waals surface area contributed by atoms with Gasteiger partial charge in [-0.1, -0.05) is 11.6 Å². The monoisotopic (exact) mass is 348 g/mol. The van der Waals surface area contributed by atoms with Gasteiger partial charge in [0.1, 0.15) is 0 Å². The van der Waals surface area contributed by atoms with Crippen LogP contribution in [0.5, 0.6) is 0 Å². The highest BCUT2D eigenvalue weighted by molar-refractivity contribution is 6.30. The van der Waals surface area contributed by atoms with Crippen molar-refractivity contribution in [1.82, 2.24) is 19.7 Å². The average molecular weight is 349 g/mol. The first kappa shape index (κ1) is 15.7. The largest absolute Gasteiger partial charge is 0.391 e. The molecule has 128 valence electrons. The number of fused-ring (bicyclic) bond motifs is 1. The van der Waals surface area contributed by atoms with Crippen molar-refractivity contribution in [3.8, 4) is 0 Å². The summed E-state index contributed by atoms with van der Waals surface area (Å²) in [6, 6.07) is 1.68. The van der Waals surface area contributed by atoms with Crippen LogP contribution in [-0.2, 0) is 19.5 Å². The molecule has 2 N–H and O–H groups in total. The van der Waals surface area contributed by atoms with Gasteiger partial charge in [-0.15, -0.1) is 0 Å². The maximum Gasteiger partial charge on any atom is 0.253 e. The molecule has 3 atom stereocenters. The van der Waals surface area contributed by atoms with Crippen LogP contribution in [0.1, 0.15) is 35.3 Å². The second-order valence-electron chi connectivity index (χ2n) is 6.84. The number of aryl methyl sites for hydroxylation is 1. The third-order valence-corrected chi connectivity index (χ3v) is 5.32. The maximum absolute atomic E-state index is 12.6. The van der Waals surface area contributed by atoms with E-state index >= 15 is 0 Å². The van der Waals surface area contributed by atoms with E-state index in [2.05, 4.69) is 15.0 Å². The molecule has 1 aliphatic heterocycles. The quantitative estimate of drug-likeness (QED) is 0.885. The van der Waals surface area contributed by atoms with E-state index in [-0.39, 0.29) is 17.9 Å². The summed E-state index contributed by atoms with van der Waals surface area (Å²) in [5.41, 5.74) is 1.87. The zero-order valence-electron chi connectivity index (χ0n) is 13.4. The summed E-state index contributed by atoms with van der Waals surface area (Å²) in [6.07, 6.45) is 8.32. The van der Waals surface area contributed by atoms with Crippen molar-refractivity contribution < 1.29 is 9.90 Å². The number of carbonyl (C=O) groups excluding carboxylic acids is 1. The molecule has 0 aromatic carbocycles. The Morgan fingerprint density at radius 2 is 2.33 bits per heavy atom. The van der Waals surface area contributed by atoms with Crippen molar-refractivity contribution in [1.29, 1.82) is 0 Å². The summed E-state index contributed by atoms with van der Waals surface area (Å²) in [5, 5.41) is 18.1. The lowest BCUT2D eigenvalue weighted by atomic mass is 10.1.